The number of benzene rings is 3. The van der Waals surface area contributed by atoms with Crippen molar-refractivity contribution in [1.29, 1.82) is 0 Å². The van der Waals surface area contributed by atoms with Gasteiger partial charge in [0.15, 0.2) is 11.6 Å². The van der Waals surface area contributed by atoms with E-state index in [1.54, 1.807) is 42.6 Å². The second-order valence-electron chi connectivity index (χ2n) is 6.44. The Balaban J connectivity index is 1.45. The molecule has 138 valence electrons. The van der Waals surface area contributed by atoms with Crippen molar-refractivity contribution in [2.75, 3.05) is 0 Å². The van der Waals surface area contributed by atoms with E-state index in [9.17, 15) is 9.59 Å². The third-order valence-corrected chi connectivity index (χ3v) is 5.42. The Labute approximate surface area is 171 Å². The zero-order chi connectivity index (χ0) is 19.5. The lowest BCUT2D eigenvalue weighted by molar-refractivity contribution is 0.0979. The van der Waals surface area contributed by atoms with Crippen LogP contribution < -0.4 is 0 Å². The fourth-order valence-corrected chi connectivity index (χ4v) is 3.59. The van der Waals surface area contributed by atoms with E-state index in [0.29, 0.717) is 35.3 Å². The summed E-state index contributed by atoms with van der Waals surface area (Å²) >= 11 is 3.47. The van der Waals surface area contributed by atoms with Crippen LogP contribution in [0.4, 0.5) is 0 Å². The van der Waals surface area contributed by atoms with Crippen LogP contribution in [0.15, 0.2) is 76.4 Å². The zero-order valence-electron chi connectivity index (χ0n) is 14.9. The van der Waals surface area contributed by atoms with Crippen LogP contribution >= 0.6 is 15.9 Å². The molecule has 4 nitrogen and oxygen atoms in total. The van der Waals surface area contributed by atoms with Crippen molar-refractivity contribution >= 4 is 33.7 Å². The molecule has 0 amide bonds. The van der Waals surface area contributed by atoms with Gasteiger partial charge in [-0.3, -0.25) is 9.59 Å². The van der Waals surface area contributed by atoms with Crippen molar-refractivity contribution in [1.82, 2.24) is 0 Å². The first kappa shape index (κ1) is 18.3. The molecule has 0 N–H and O–H groups in total. The maximum atomic E-state index is 12.8. The van der Waals surface area contributed by atoms with E-state index in [2.05, 4.69) is 21.1 Å². The summed E-state index contributed by atoms with van der Waals surface area (Å²) in [6.07, 6.45) is 2.16. The maximum absolute atomic E-state index is 12.8. The van der Waals surface area contributed by atoms with Gasteiger partial charge in [0, 0.05) is 44.9 Å². The molecule has 0 heterocycles. The molecule has 0 unspecified atom stereocenters. The van der Waals surface area contributed by atoms with Crippen molar-refractivity contribution in [2.24, 2.45) is 5.16 Å². The van der Waals surface area contributed by atoms with Crippen LogP contribution in [0.1, 0.15) is 43.0 Å². The van der Waals surface area contributed by atoms with Crippen LogP contribution in [-0.4, -0.2) is 17.8 Å². The molecular formula is C23H16BrNO3. The molecule has 0 saturated carbocycles. The summed E-state index contributed by atoms with van der Waals surface area (Å²) in [7, 11) is 0. The van der Waals surface area contributed by atoms with Gasteiger partial charge in [-0.2, -0.15) is 0 Å². The van der Waals surface area contributed by atoms with E-state index in [1.807, 2.05) is 30.3 Å². The van der Waals surface area contributed by atoms with Gasteiger partial charge in [0.2, 0.25) is 0 Å². The van der Waals surface area contributed by atoms with E-state index in [0.717, 1.165) is 15.6 Å². The summed E-state index contributed by atoms with van der Waals surface area (Å²) in [5.74, 6) is -0.226. The lowest BCUT2D eigenvalue weighted by Gasteiger charge is -2.17. The Hall–Kier alpha value is -3.05. The predicted molar refractivity (Wildman–Crippen MR) is 111 cm³/mol. The number of carbonyl (C=O) groups excluding carboxylic acids is 2. The van der Waals surface area contributed by atoms with Gasteiger partial charge in [0.05, 0.1) is 0 Å². The van der Waals surface area contributed by atoms with Gasteiger partial charge in [-0.1, -0.05) is 75.7 Å². The average Bonchev–Trinajstić information content (AvgIpc) is 2.73. The Kier molecular flexibility index (Phi) is 5.17. The Morgan fingerprint density at radius 1 is 0.821 bits per heavy atom. The lowest BCUT2D eigenvalue weighted by Crippen LogP contribution is -2.21. The van der Waals surface area contributed by atoms with Crippen molar-refractivity contribution in [3.05, 3.63) is 105 Å². The highest BCUT2D eigenvalue weighted by Crippen LogP contribution is 2.27. The Morgan fingerprint density at radius 3 is 2.21 bits per heavy atom. The molecule has 0 bridgehead atoms. The van der Waals surface area contributed by atoms with Crippen LogP contribution in [0, 0.1) is 0 Å². The smallest absolute Gasteiger partial charge is 0.194 e. The summed E-state index contributed by atoms with van der Waals surface area (Å²) in [6, 6.07) is 20.1. The monoisotopic (exact) mass is 433 g/mol. The third kappa shape index (κ3) is 3.53. The van der Waals surface area contributed by atoms with Crippen LogP contribution in [0.2, 0.25) is 0 Å². The van der Waals surface area contributed by atoms with E-state index in [1.165, 1.54) is 0 Å². The number of nitrogens with zero attached hydrogens (tertiary/aromatic N) is 1. The molecule has 1 aliphatic rings. The van der Waals surface area contributed by atoms with Crippen LogP contribution in [0.5, 0.6) is 0 Å². The van der Waals surface area contributed by atoms with Crippen LogP contribution in [0.25, 0.3) is 0 Å². The molecule has 28 heavy (non-hydrogen) atoms. The SMILES string of the molecule is O=C1c2ccccc2C(=O)c2cc(CC=NOCc3ccccc3Br)ccc21. The summed E-state index contributed by atoms with van der Waals surface area (Å²) in [5, 5.41) is 3.99. The van der Waals surface area contributed by atoms with Crippen molar-refractivity contribution < 1.29 is 14.4 Å². The molecule has 0 spiro atoms. The number of fused-ring (bicyclic) bond motifs is 2. The van der Waals surface area contributed by atoms with Crippen molar-refractivity contribution in [3.8, 4) is 0 Å². The molecule has 5 heteroatoms. The first-order chi connectivity index (χ1) is 13.6. The second kappa shape index (κ2) is 7.90. The topological polar surface area (TPSA) is 55.7 Å². The minimum atomic E-state index is -0.117. The summed E-state index contributed by atoms with van der Waals surface area (Å²) in [5.41, 5.74) is 3.74. The second-order valence-corrected chi connectivity index (χ2v) is 7.30. The first-order valence-electron chi connectivity index (χ1n) is 8.83. The van der Waals surface area contributed by atoms with Crippen molar-refractivity contribution in [3.63, 3.8) is 0 Å². The number of hydrogen-bond donors (Lipinski definition) is 0. The van der Waals surface area contributed by atoms with Gasteiger partial charge in [0.25, 0.3) is 0 Å². The highest BCUT2D eigenvalue weighted by molar-refractivity contribution is 9.10. The standard InChI is InChI=1S/C23H16BrNO3/c24-21-8-4-1-5-16(21)14-28-25-12-11-15-9-10-19-20(13-15)23(27)18-7-3-2-6-17(18)22(19)26/h1-10,12-13H,11,14H2. The molecule has 0 saturated heterocycles. The number of ketones is 2. The quantitative estimate of drug-likeness (QED) is 0.329. The largest absolute Gasteiger partial charge is 0.391 e. The first-order valence-corrected chi connectivity index (χ1v) is 9.63. The van der Waals surface area contributed by atoms with Gasteiger partial charge in [0.1, 0.15) is 6.61 Å². The number of carbonyl (C=O) groups is 2. The van der Waals surface area contributed by atoms with Gasteiger partial charge < -0.3 is 4.84 Å². The van der Waals surface area contributed by atoms with E-state index >= 15 is 0 Å². The number of oxime groups is 1. The van der Waals surface area contributed by atoms with E-state index in [4.69, 9.17) is 4.84 Å². The van der Waals surface area contributed by atoms with Gasteiger partial charge in [-0.15, -0.1) is 0 Å². The fourth-order valence-electron chi connectivity index (χ4n) is 3.19. The normalized spacial score (nSPS) is 12.8. The molecule has 1 aliphatic carbocycles. The van der Waals surface area contributed by atoms with E-state index < -0.39 is 0 Å². The number of rotatable bonds is 5. The Bertz CT molecular complexity index is 1100. The van der Waals surface area contributed by atoms with Crippen LogP contribution in [0.3, 0.4) is 0 Å². The minimum Gasteiger partial charge on any atom is -0.391 e. The fraction of sp³-hybridized carbons (Fsp3) is 0.0870. The molecule has 0 fully saturated rings. The zero-order valence-corrected chi connectivity index (χ0v) is 16.5. The number of hydrogen-bond acceptors (Lipinski definition) is 4. The lowest BCUT2D eigenvalue weighted by atomic mass is 9.83. The molecule has 3 aromatic carbocycles. The van der Waals surface area contributed by atoms with Crippen molar-refractivity contribution in [2.45, 2.75) is 13.0 Å². The molecule has 0 radical (unpaired) electrons. The average molecular weight is 434 g/mol. The molecular weight excluding hydrogens is 418 g/mol. The molecule has 0 aliphatic heterocycles. The highest BCUT2D eigenvalue weighted by atomic mass is 79.9. The summed E-state index contributed by atoms with van der Waals surface area (Å²) in [4.78, 5) is 30.7. The minimum absolute atomic E-state index is 0.109. The number of halogens is 1. The molecule has 0 atom stereocenters. The summed E-state index contributed by atoms with van der Waals surface area (Å²) in [6.45, 7) is 0.367. The van der Waals surface area contributed by atoms with Crippen LogP contribution in [-0.2, 0) is 17.9 Å². The Morgan fingerprint density at radius 2 is 1.46 bits per heavy atom. The predicted octanol–water partition coefficient (Wildman–Crippen LogP) is 4.97. The summed E-state index contributed by atoms with van der Waals surface area (Å²) < 4.78 is 0.975. The van der Waals surface area contributed by atoms with E-state index in [-0.39, 0.29) is 11.6 Å². The van der Waals surface area contributed by atoms with Gasteiger partial charge in [-0.25, -0.2) is 0 Å². The maximum Gasteiger partial charge on any atom is 0.194 e. The molecule has 0 aromatic heterocycles. The van der Waals surface area contributed by atoms with Gasteiger partial charge in [-0.05, 0) is 17.7 Å². The molecule has 4 rings (SSSR count). The highest BCUT2D eigenvalue weighted by Gasteiger charge is 2.29. The third-order valence-electron chi connectivity index (χ3n) is 4.64. The molecule has 3 aromatic rings. The van der Waals surface area contributed by atoms with Gasteiger partial charge >= 0.3 is 0 Å².